The molecule has 0 radical (unpaired) electrons. The van der Waals surface area contributed by atoms with E-state index in [2.05, 4.69) is 10.3 Å². The van der Waals surface area contributed by atoms with Crippen LogP contribution in [0.15, 0.2) is 34.9 Å². The zero-order valence-electron chi connectivity index (χ0n) is 13.6. The van der Waals surface area contributed by atoms with E-state index in [-0.39, 0.29) is 6.10 Å². The summed E-state index contributed by atoms with van der Waals surface area (Å²) in [5.41, 5.74) is 0.669. The van der Waals surface area contributed by atoms with Crippen molar-refractivity contribution in [2.45, 2.75) is 31.7 Å². The molecule has 2 aromatic rings. The lowest BCUT2D eigenvalue weighted by atomic mass is 10.1. The molecule has 0 aliphatic carbocycles. The van der Waals surface area contributed by atoms with Gasteiger partial charge in [0, 0.05) is 6.08 Å². The van der Waals surface area contributed by atoms with Gasteiger partial charge in [-0.3, -0.25) is 0 Å². The molecule has 0 saturated carbocycles. The summed E-state index contributed by atoms with van der Waals surface area (Å²) in [6, 6.07) is 4.91. The first-order valence-corrected chi connectivity index (χ1v) is 8.13. The molecule has 1 saturated heterocycles. The second kappa shape index (κ2) is 7.84. The van der Waals surface area contributed by atoms with E-state index in [1.54, 1.807) is 12.2 Å². The molecule has 1 fully saturated rings. The van der Waals surface area contributed by atoms with E-state index in [1.807, 2.05) is 0 Å². The maximum absolute atomic E-state index is 12.5. The summed E-state index contributed by atoms with van der Waals surface area (Å²) in [7, 11) is 0. The Bertz CT molecular complexity index is 702. The number of alkyl halides is 3. The first-order valence-electron chi connectivity index (χ1n) is 8.13. The normalized spacial score (nSPS) is 16.6. The van der Waals surface area contributed by atoms with Crippen LogP contribution in [0, 0.1) is 0 Å². The molecule has 0 amide bonds. The van der Waals surface area contributed by atoms with Crippen LogP contribution in [0.3, 0.4) is 0 Å². The molecule has 134 valence electrons. The van der Waals surface area contributed by atoms with Crippen molar-refractivity contribution in [2.24, 2.45) is 0 Å². The first-order chi connectivity index (χ1) is 12.0. The maximum Gasteiger partial charge on any atom is 0.416 e. The third-order valence-electron chi connectivity index (χ3n) is 3.98. The molecule has 0 bridgehead atoms. The summed E-state index contributed by atoms with van der Waals surface area (Å²) < 4.78 is 48.7. The Kier molecular flexibility index (Phi) is 5.55. The highest BCUT2D eigenvalue weighted by Gasteiger charge is 2.29. The second-order valence-corrected chi connectivity index (χ2v) is 5.89. The van der Waals surface area contributed by atoms with E-state index in [4.69, 9.17) is 9.15 Å². The van der Waals surface area contributed by atoms with Crippen molar-refractivity contribution < 1.29 is 22.3 Å². The van der Waals surface area contributed by atoms with Crippen LogP contribution >= 0.6 is 0 Å². The van der Waals surface area contributed by atoms with Crippen LogP contribution in [0.5, 0.6) is 0 Å². The van der Waals surface area contributed by atoms with Crippen LogP contribution in [0.25, 0.3) is 12.2 Å². The molecular formula is C18H19F3N2O2. The second-order valence-electron chi connectivity index (χ2n) is 5.89. The van der Waals surface area contributed by atoms with Gasteiger partial charge in [-0.15, -0.1) is 0 Å². The molecule has 4 nitrogen and oxygen atoms in total. The Hall–Kier alpha value is -2.12. The highest BCUT2D eigenvalue weighted by atomic mass is 19.4. The van der Waals surface area contributed by atoms with E-state index in [1.165, 1.54) is 18.4 Å². The number of aromatic nitrogens is 1. The number of benzene rings is 1. The minimum Gasteiger partial charge on any atom is -0.445 e. The monoisotopic (exact) mass is 352 g/mol. The van der Waals surface area contributed by atoms with Gasteiger partial charge in [-0.05, 0) is 49.7 Å². The summed E-state index contributed by atoms with van der Waals surface area (Å²) in [5.74, 6) is 0.392. The third kappa shape index (κ3) is 5.17. The van der Waals surface area contributed by atoms with Crippen LogP contribution in [-0.4, -0.2) is 24.2 Å². The Labute approximate surface area is 143 Å². The number of halogens is 3. The Morgan fingerprint density at radius 1 is 1.16 bits per heavy atom. The van der Waals surface area contributed by atoms with Gasteiger partial charge in [0.2, 0.25) is 5.89 Å². The highest BCUT2D eigenvalue weighted by Crippen LogP contribution is 2.29. The molecule has 1 aromatic heterocycles. The van der Waals surface area contributed by atoms with Crippen molar-refractivity contribution in [3.8, 4) is 0 Å². The fraction of sp³-hybridized carbons (Fsp3) is 0.389. The molecule has 1 N–H and O–H groups in total. The van der Waals surface area contributed by atoms with Gasteiger partial charge < -0.3 is 14.5 Å². The van der Waals surface area contributed by atoms with Gasteiger partial charge in [0.15, 0.2) is 0 Å². The predicted octanol–water partition coefficient (Wildman–Crippen LogP) is 4.13. The van der Waals surface area contributed by atoms with Crippen LogP contribution in [0.4, 0.5) is 13.2 Å². The third-order valence-corrected chi connectivity index (χ3v) is 3.98. The quantitative estimate of drug-likeness (QED) is 0.879. The number of rotatable bonds is 5. The largest absolute Gasteiger partial charge is 0.445 e. The van der Waals surface area contributed by atoms with Crippen LogP contribution in [-0.2, 0) is 17.5 Å². The van der Waals surface area contributed by atoms with Crippen LogP contribution in [0.2, 0.25) is 0 Å². The van der Waals surface area contributed by atoms with Crippen molar-refractivity contribution in [3.63, 3.8) is 0 Å². The van der Waals surface area contributed by atoms with Crippen molar-refractivity contribution in [2.75, 3.05) is 13.1 Å². The lowest BCUT2D eigenvalue weighted by Crippen LogP contribution is -2.32. The van der Waals surface area contributed by atoms with E-state index in [9.17, 15) is 13.2 Å². The molecule has 25 heavy (non-hydrogen) atoms. The molecule has 3 rings (SSSR count). The fourth-order valence-corrected chi connectivity index (χ4v) is 2.58. The molecule has 1 aliphatic heterocycles. The van der Waals surface area contributed by atoms with Gasteiger partial charge in [0.05, 0.1) is 18.3 Å². The standard InChI is InChI=1S/C18H19F3N2O2/c19-18(20,21)14-4-1-13(2-5-14)3-6-17-23-15(12-25-17)11-24-16-7-9-22-10-8-16/h1-6,12,16,22H,7-11H2/b6-3+. The number of nitrogens with one attached hydrogen (secondary N) is 1. The lowest BCUT2D eigenvalue weighted by Gasteiger charge is -2.22. The van der Waals surface area contributed by atoms with Gasteiger partial charge >= 0.3 is 6.18 Å². The molecular weight excluding hydrogens is 333 g/mol. The van der Waals surface area contributed by atoms with Gasteiger partial charge in [0.25, 0.3) is 0 Å². The number of piperidine rings is 1. The minimum atomic E-state index is -4.33. The molecule has 0 spiro atoms. The topological polar surface area (TPSA) is 47.3 Å². The van der Waals surface area contributed by atoms with E-state index >= 15 is 0 Å². The van der Waals surface area contributed by atoms with Gasteiger partial charge in [-0.2, -0.15) is 13.2 Å². The summed E-state index contributed by atoms with van der Waals surface area (Å²) in [5, 5.41) is 3.28. The van der Waals surface area contributed by atoms with Crippen LogP contribution in [0.1, 0.15) is 35.6 Å². The molecule has 1 aromatic carbocycles. The van der Waals surface area contributed by atoms with Crippen molar-refractivity contribution >= 4 is 12.2 Å². The van der Waals surface area contributed by atoms with E-state index in [0.29, 0.717) is 23.8 Å². The summed E-state index contributed by atoms with van der Waals surface area (Å²) >= 11 is 0. The molecule has 2 heterocycles. The van der Waals surface area contributed by atoms with Gasteiger partial charge in [-0.1, -0.05) is 12.1 Å². The molecule has 0 unspecified atom stereocenters. The number of nitrogens with zero attached hydrogens (tertiary/aromatic N) is 1. The SMILES string of the molecule is FC(F)(F)c1ccc(/C=C/c2nc(COC3CCNCC3)co2)cc1. The average Bonchev–Trinajstić information content (AvgIpc) is 3.07. The number of oxazole rings is 1. The van der Waals surface area contributed by atoms with Crippen molar-refractivity contribution in [3.05, 3.63) is 53.2 Å². The highest BCUT2D eigenvalue weighted by molar-refractivity contribution is 5.66. The van der Waals surface area contributed by atoms with Gasteiger partial charge in [-0.25, -0.2) is 4.98 Å². The number of ether oxygens (including phenoxy) is 1. The first kappa shape index (κ1) is 17.7. The molecule has 7 heteroatoms. The Morgan fingerprint density at radius 3 is 2.56 bits per heavy atom. The summed E-state index contributed by atoms with van der Waals surface area (Å²) in [4.78, 5) is 4.29. The lowest BCUT2D eigenvalue weighted by molar-refractivity contribution is -0.137. The van der Waals surface area contributed by atoms with E-state index in [0.717, 1.165) is 38.1 Å². The smallest absolute Gasteiger partial charge is 0.416 e. The predicted molar refractivity (Wildman–Crippen MR) is 87.6 cm³/mol. The number of hydrogen-bond donors (Lipinski definition) is 1. The Balaban J connectivity index is 1.54. The number of hydrogen-bond acceptors (Lipinski definition) is 4. The maximum atomic E-state index is 12.5. The summed E-state index contributed by atoms with van der Waals surface area (Å²) in [6.45, 7) is 2.32. The van der Waals surface area contributed by atoms with Crippen LogP contribution < -0.4 is 5.32 Å². The average molecular weight is 352 g/mol. The Morgan fingerprint density at radius 2 is 1.88 bits per heavy atom. The van der Waals surface area contributed by atoms with Crippen molar-refractivity contribution in [1.29, 1.82) is 0 Å². The fourth-order valence-electron chi connectivity index (χ4n) is 2.58. The summed E-state index contributed by atoms with van der Waals surface area (Å²) in [6.07, 6.45) is 2.70. The molecule has 1 aliphatic rings. The van der Waals surface area contributed by atoms with Crippen molar-refractivity contribution in [1.82, 2.24) is 10.3 Å². The zero-order valence-corrected chi connectivity index (χ0v) is 13.6. The van der Waals surface area contributed by atoms with Gasteiger partial charge in [0.1, 0.15) is 12.0 Å². The minimum absolute atomic E-state index is 0.240. The molecule has 0 atom stereocenters. The zero-order chi connectivity index (χ0) is 17.7. The van der Waals surface area contributed by atoms with E-state index < -0.39 is 11.7 Å².